The zero-order valence-electron chi connectivity index (χ0n) is 14.5. The zero-order chi connectivity index (χ0) is 19.2. The van der Waals surface area contributed by atoms with Crippen molar-refractivity contribution in [2.24, 2.45) is 0 Å². The highest BCUT2D eigenvalue weighted by Gasteiger charge is 2.45. The Bertz CT molecular complexity index is 851. The zero-order valence-corrected chi connectivity index (χ0v) is 14.5. The van der Waals surface area contributed by atoms with Gasteiger partial charge in [-0.25, -0.2) is 0 Å². The molecule has 0 aromatic heterocycles. The number of hydrogen-bond acceptors (Lipinski definition) is 8. The molecule has 2 atom stereocenters. The number of hydrogen-bond donors (Lipinski definition) is 2. The minimum absolute atomic E-state index is 0.0235. The topological polar surface area (TPSA) is 119 Å². The Kier molecular flexibility index (Phi) is 4.45. The van der Waals surface area contributed by atoms with Crippen LogP contribution in [0.3, 0.4) is 0 Å². The fraction of sp³-hybridized carbons (Fsp3) is 0.389. The fourth-order valence-electron chi connectivity index (χ4n) is 3.36. The molecule has 0 amide bonds. The van der Waals surface area contributed by atoms with E-state index in [1.165, 1.54) is 21.1 Å². The molecular formula is C18H18O8. The van der Waals surface area contributed by atoms with Crippen molar-refractivity contribution in [3.63, 3.8) is 0 Å². The Morgan fingerprint density at radius 3 is 2.50 bits per heavy atom. The van der Waals surface area contributed by atoms with Gasteiger partial charge in [0.15, 0.2) is 23.0 Å². The normalized spacial score (nSPS) is 21.8. The number of carbonyl (C=O) groups excluding carboxylic acids is 3. The lowest BCUT2D eigenvalue weighted by molar-refractivity contribution is -0.119. The van der Waals surface area contributed by atoms with Gasteiger partial charge in [-0.2, -0.15) is 0 Å². The fourth-order valence-corrected chi connectivity index (χ4v) is 3.36. The van der Waals surface area contributed by atoms with Gasteiger partial charge in [0, 0.05) is 26.0 Å². The molecule has 26 heavy (non-hydrogen) atoms. The van der Waals surface area contributed by atoms with Crippen molar-refractivity contribution in [2.45, 2.75) is 32.0 Å². The maximum atomic E-state index is 12.9. The molecule has 2 aliphatic rings. The van der Waals surface area contributed by atoms with E-state index in [4.69, 9.17) is 14.2 Å². The van der Waals surface area contributed by atoms with Gasteiger partial charge in [-0.15, -0.1) is 0 Å². The molecule has 138 valence electrons. The third-order valence-electron chi connectivity index (χ3n) is 4.50. The number of ketones is 3. The van der Waals surface area contributed by atoms with Gasteiger partial charge in [-0.1, -0.05) is 0 Å². The number of ether oxygens (including phenoxy) is 3. The van der Waals surface area contributed by atoms with Gasteiger partial charge < -0.3 is 24.4 Å². The third kappa shape index (κ3) is 2.62. The van der Waals surface area contributed by atoms with Crippen molar-refractivity contribution in [3.8, 4) is 17.2 Å². The molecule has 1 heterocycles. The number of phenolic OH excluding ortho intramolecular Hbond substituents is 2. The van der Waals surface area contributed by atoms with Crippen LogP contribution in [0.1, 0.15) is 40.5 Å². The molecule has 2 unspecified atom stereocenters. The Morgan fingerprint density at radius 2 is 1.92 bits per heavy atom. The second-order valence-electron chi connectivity index (χ2n) is 6.20. The highest BCUT2D eigenvalue weighted by atomic mass is 16.5. The van der Waals surface area contributed by atoms with Crippen LogP contribution in [0.4, 0.5) is 0 Å². The summed E-state index contributed by atoms with van der Waals surface area (Å²) in [5.74, 6) is -3.03. The van der Waals surface area contributed by atoms with Crippen LogP contribution in [-0.4, -0.2) is 54.0 Å². The summed E-state index contributed by atoms with van der Waals surface area (Å²) in [5, 5.41) is 20.5. The summed E-state index contributed by atoms with van der Waals surface area (Å²) in [7, 11) is 2.63. The standard InChI is InChI=1S/C18H18O8/c1-7(19)4-8-5-10(24-2)13-16(22)12-9(20)6-11(25-3)15(21)14(12)17(23)18(13)26-8/h6,8,10,20-21H,4-5H2,1-3H3. The molecule has 1 aromatic carbocycles. The van der Waals surface area contributed by atoms with E-state index in [1.54, 1.807) is 0 Å². The van der Waals surface area contributed by atoms with Gasteiger partial charge in [0.1, 0.15) is 17.6 Å². The molecule has 0 spiro atoms. The SMILES string of the molecule is COc1cc(O)c2c(c1O)C(=O)C1=C(C2=O)C(OC)CC(CC(C)=O)O1. The van der Waals surface area contributed by atoms with Crippen molar-refractivity contribution in [1.29, 1.82) is 0 Å². The highest BCUT2D eigenvalue weighted by molar-refractivity contribution is 6.29. The van der Waals surface area contributed by atoms with E-state index in [9.17, 15) is 24.6 Å². The van der Waals surface area contributed by atoms with E-state index >= 15 is 0 Å². The van der Waals surface area contributed by atoms with Gasteiger partial charge >= 0.3 is 0 Å². The molecule has 0 saturated heterocycles. The molecule has 0 saturated carbocycles. The second-order valence-corrected chi connectivity index (χ2v) is 6.20. The van der Waals surface area contributed by atoms with E-state index < -0.39 is 35.3 Å². The third-order valence-corrected chi connectivity index (χ3v) is 4.50. The summed E-state index contributed by atoms with van der Waals surface area (Å²) < 4.78 is 15.9. The number of benzene rings is 1. The quantitative estimate of drug-likeness (QED) is 0.774. The first kappa shape index (κ1) is 17.9. The minimum atomic E-state index is -0.767. The second kappa shape index (κ2) is 6.45. The first-order valence-corrected chi connectivity index (χ1v) is 7.95. The molecule has 2 N–H and O–H groups in total. The summed E-state index contributed by atoms with van der Waals surface area (Å²) in [6, 6.07) is 1.06. The first-order chi connectivity index (χ1) is 12.3. The number of methoxy groups -OCH3 is 2. The van der Waals surface area contributed by atoms with Crippen LogP contribution < -0.4 is 4.74 Å². The number of allylic oxidation sites excluding steroid dienone is 1. The predicted octanol–water partition coefficient (Wildman–Crippen LogP) is 1.52. The monoisotopic (exact) mass is 362 g/mol. The summed E-state index contributed by atoms with van der Waals surface area (Å²) in [5.41, 5.74) is -0.726. The number of rotatable bonds is 4. The smallest absolute Gasteiger partial charge is 0.232 e. The lowest BCUT2D eigenvalue weighted by atomic mass is 9.81. The average molecular weight is 362 g/mol. The highest BCUT2D eigenvalue weighted by Crippen LogP contribution is 2.45. The largest absolute Gasteiger partial charge is 0.507 e. The number of Topliss-reactive ketones (excluding diaryl/α,β-unsaturated/α-hetero) is 3. The molecule has 0 bridgehead atoms. The number of carbonyl (C=O) groups is 3. The Balaban J connectivity index is 2.17. The Labute approximate surface area is 149 Å². The number of fused-ring (bicyclic) bond motifs is 1. The molecule has 1 aliphatic heterocycles. The van der Waals surface area contributed by atoms with Crippen molar-refractivity contribution >= 4 is 17.3 Å². The predicted molar refractivity (Wildman–Crippen MR) is 87.6 cm³/mol. The van der Waals surface area contributed by atoms with E-state index in [1.807, 2.05) is 0 Å². The minimum Gasteiger partial charge on any atom is -0.507 e. The van der Waals surface area contributed by atoms with E-state index in [2.05, 4.69) is 0 Å². The summed E-state index contributed by atoms with van der Waals surface area (Å²) >= 11 is 0. The van der Waals surface area contributed by atoms with Crippen LogP contribution >= 0.6 is 0 Å². The molecule has 8 nitrogen and oxygen atoms in total. The number of aromatic hydroxyl groups is 2. The van der Waals surface area contributed by atoms with Crippen molar-refractivity contribution < 1.29 is 38.8 Å². The Hall–Kier alpha value is -2.87. The van der Waals surface area contributed by atoms with Gasteiger partial charge in [0.25, 0.3) is 0 Å². The molecule has 1 aromatic rings. The van der Waals surface area contributed by atoms with Crippen LogP contribution in [0.2, 0.25) is 0 Å². The summed E-state index contributed by atoms with van der Waals surface area (Å²) in [4.78, 5) is 37.3. The molecular weight excluding hydrogens is 344 g/mol. The van der Waals surface area contributed by atoms with Crippen molar-refractivity contribution in [2.75, 3.05) is 14.2 Å². The van der Waals surface area contributed by atoms with Crippen LogP contribution in [0, 0.1) is 0 Å². The first-order valence-electron chi connectivity index (χ1n) is 7.95. The molecule has 1 aliphatic carbocycles. The summed E-state index contributed by atoms with van der Waals surface area (Å²) in [6.07, 6.45) is -1.13. The van der Waals surface area contributed by atoms with Crippen molar-refractivity contribution in [1.82, 2.24) is 0 Å². The van der Waals surface area contributed by atoms with Crippen molar-refractivity contribution in [3.05, 3.63) is 28.5 Å². The maximum Gasteiger partial charge on any atom is 0.232 e. The van der Waals surface area contributed by atoms with Crippen LogP contribution in [-0.2, 0) is 14.3 Å². The van der Waals surface area contributed by atoms with Crippen LogP contribution in [0.25, 0.3) is 0 Å². The van der Waals surface area contributed by atoms with Gasteiger partial charge in [0.2, 0.25) is 5.78 Å². The van der Waals surface area contributed by atoms with Gasteiger partial charge in [-0.05, 0) is 6.92 Å². The molecule has 0 radical (unpaired) electrons. The lowest BCUT2D eigenvalue weighted by Crippen LogP contribution is -2.39. The van der Waals surface area contributed by atoms with Gasteiger partial charge in [-0.3, -0.25) is 14.4 Å². The molecule has 0 fully saturated rings. The molecule has 8 heteroatoms. The van der Waals surface area contributed by atoms with Gasteiger partial charge in [0.05, 0.1) is 29.9 Å². The van der Waals surface area contributed by atoms with E-state index in [0.29, 0.717) is 0 Å². The summed E-state index contributed by atoms with van der Waals surface area (Å²) in [6.45, 7) is 1.40. The van der Waals surface area contributed by atoms with Crippen LogP contribution in [0.15, 0.2) is 17.4 Å². The molecule has 3 rings (SSSR count). The average Bonchev–Trinajstić information content (AvgIpc) is 2.59. The maximum absolute atomic E-state index is 12.9. The Morgan fingerprint density at radius 1 is 1.23 bits per heavy atom. The van der Waals surface area contributed by atoms with E-state index in [-0.39, 0.29) is 46.8 Å². The number of phenols is 2. The lowest BCUT2D eigenvalue weighted by Gasteiger charge is -2.34. The van der Waals surface area contributed by atoms with E-state index in [0.717, 1.165) is 6.07 Å². The van der Waals surface area contributed by atoms with Crippen LogP contribution in [0.5, 0.6) is 17.2 Å².